The molecule has 1 aliphatic heterocycles. The maximum atomic E-state index is 15.8. The molecule has 3 aromatic carbocycles. The van der Waals surface area contributed by atoms with Gasteiger partial charge in [0, 0.05) is 22.9 Å². The molecule has 0 saturated heterocycles. The molecule has 0 spiro atoms. The zero-order chi connectivity index (χ0) is 33.5. The van der Waals surface area contributed by atoms with Crippen LogP contribution in [0.5, 0.6) is 11.5 Å². The largest absolute Gasteiger partial charge is 0.491 e. The smallest absolute Gasteiger partial charge is 0.420 e. The van der Waals surface area contributed by atoms with Crippen LogP contribution in [0, 0.1) is 25.5 Å². The zero-order valence-electron chi connectivity index (χ0n) is 24.7. The quantitative estimate of drug-likeness (QED) is 0.255. The fourth-order valence-electron chi connectivity index (χ4n) is 5.62. The minimum Gasteiger partial charge on any atom is -0.491 e. The lowest BCUT2D eigenvalue weighted by Gasteiger charge is -2.27. The number of nitrogens with one attached hydrogen (secondary N) is 1. The van der Waals surface area contributed by atoms with Crippen molar-refractivity contribution in [2.24, 2.45) is 0 Å². The van der Waals surface area contributed by atoms with Crippen LogP contribution in [-0.2, 0) is 22.4 Å². The van der Waals surface area contributed by atoms with E-state index in [0.29, 0.717) is 39.3 Å². The summed E-state index contributed by atoms with van der Waals surface area (Å²) in [6.07, 6.45) is -5.16. The molecule has 2 heterocycles. The van der Waals surface area contributed by atoms with E-state index >= 15 is 8.78 Å². The maximum absolute atomic E-state index is 15.8. The molecule has 1 aliphatic rings. The van der Waals surface area contributed by atoms with Gasteiger partial charge in [0.1, 0.15) is 35.6 Å². The van der Waals surface area contributed by atoms with Crippen molar-refractivity contribution in [1.29, 1.82) is 0 Å². The first-order valence-electron chi connectivity index (χ1n) is 13.9. The number of nitrogens with zero attached hydrogens (tertiary/aromatic N) is 1. The Hall–Kier alpha value is -5.20. The SMILES string of the molecule is COc1c(C(F)(F)F)ccn([C@H]2C(=O)N[C@H](CC(=O)O)c3cc(cc(C)c3F)-c3c(C)cccc3OCc3ccc(F)c2c3)c1=O. The van der Waals surface area contributed by atoms with E-state index < -0.39 is 70.6 Å². The Bertz CT molecular complexity index is 1920. The van der Waals surface area contributed by atoms with Crippen LogP contribution in [0.3, 0.4) is 0 Å². The van der Waals surface area contributed by atoms with Crippen molar-refractivity contribution in [1.82, 2.24) is 9.88 Å². The highest BCUT2D eigenvalue weighted by Crippen LogP contribution is 2.39. The molecule has 5 rings (SSSR count). The number of rotatable bonds is 4. The Labute approximate surface area is 259 Å². The molecule has 4 aromatic rings. The zero-order valence-corrected chi connectivity index (χ0v) is 24.7. The molecule has 0 saturated carbocycles. The molecular weight excluding hydrogens is 615 g/mol. The minimum atomic E-state index is -5.00. The van der Waals surface area contributed by atoms with E-state index in [1.54, 1.807) is 31.2 Å². The number of aryl methyl sites for hydroxylation is 2. The highest BCUT2D eigenvalue weighted by molar-refractivity contribution is 5.85. The average molecular weight is 643 g/mol. The molecule has 0 fully saturated rings. The van der Waals surface area contributed by atoms with Gasteiger partial charge in [0.25, 0.3) is 5.56 Å². The first-order valence-corrected chi connectivity index (χ1v) is 13.9. The number of hydrogen-bond donors (Lipinski definition) is 2. The van der Waals surface area contributed by atoms with Gasteiger partial charge >= 0.3 is 12.1 Å². The van der Waals surface area contributed by atoms with Crippen LogP contribution in [0.1, 0.15) is 51.9 Å². The number of carboxylic acid groups (broad SMARTS) is 1. The summed E-state index contributed by atoms with van der Waals surface area (Å²) in [4.78, 5) is 39.5. The van der Waals surface area contributed by atoms with Crippen LogP contribution in [-0.4, -0.2) is 28.7 Å². The number of alkyl halides is 3. The highest BCUT2D eigenvalue weighted by atomic mass is 19.4. The second-order valence-electron chi connectivity index (χ2n) is 10.8. The second-order valence-corrected chi connectivity index (χ2v) is 10.8. The van der Waals surface area contributed by atoms with Gasteiger partial charge in [-0.3, -0.25) is 19.0 Å². The number of carboxylic acids is 1. The van der Waals surface area contributed by atoms with Gasteiger partial charge in [0.15, 0.2) is 5.75 Å². The molecule has 1 aromatic heterocycles. The number of carbonyl (C=O) groups excluding carboxylic acids is 1. The fourth-order valence-corrected chi connectivity index (χ4v) is 5.62. The van der Waals surface area contributed by atoms with Crippen molar-refractivity contribution < 1.29 is 46.1 Å². The van der Waals surface area contributed by atoms with Crippen LogP contribution in [0.4, 0.5) is 22.0 Å². The average Bonchev–Trinajstić information content (AvgIpc) is 2.98. The molecule has 2 atom stereocenters. The highest BCUT2D eigenvalue weighted by Gasteiger charge is 2.38. The Morgan fingerprint density at radius 3 is 2.46 bits per heavy atom. The molecule has 0 aliphatic carbocycles. The van der Waals surface area contributed by atoms with Gasteiger partial charge < -0.3 is 19.9 Å². The summed E-state index contributed by atoms with van der Waals surface area (Å²) in [5.41, 5.74) is -1.26. The predicted octanol–water partition coefficient (Wildman–Crippen LogP) is 6.25. The van der Waals surface area contributed by atoms with Gasteiger partial charge in [-0.25, -0.2) is 8.78 Å². The summed E-state index contributed by atoms with van der Waals surface area (Å²) in [6, 6.07) is 8.69. The Morgan fingerprint density at radius 2 is 1.78 bits per heavy atom. The molecule has 0 radical (unpaired) electrons. The third-order valence-corrected chi connectivity index (χ3v) is 7.74. The van der Waals surface area contributed by atoms with Gasteiger partial charge in [0.2, 0.25) is 5.91 Å². The summed E-state index contributed by atoms with van der Waals surface area (Å²) >= 11 is 0. The van der Waals surface area contributed by atoms with Gasteiger partial charge in [-0.2, -0.15) is 13.2 Å². The van der Waals surface area contributed by atoms with Gasteiger partial charge in [0.05, 0.1) is 19.6 Å². The van der Waals surface area contributed by atoms with Crippen LogP contribution in [0.25, 0.3) is 11.1 Å². The number of ether oxygens (including phenoxy) is 2. The number of methoxy groups -OCH3 is 1. The van der Waals surface area contributed by atoms with Crippen LogP contribution in [0.2, 0.25) is 0 Å². The number of halogens is 5. The van der Waals surface area contributed by atoms with Crippen LogP contribution >= 0.6 is 0 Å². The van der Waals surface area contributed by atoms with E-state index in [0.717, 1.165) is 18.7 Å². The number of benzene rings is 3. The third-order valence-electron chi connectivity index (χ3n) is 7.74. The van der Waals surface area contributed by atoms with Crippen molar-refractivity contribution in [2.45, 2.75) is 45.1 Å². The van der Waals surface area contributed by atoms with E-state index in [-0.39, 0.29) is 17.7 Å². The first-order chi connectivity index (χ1) is 21.7. The normalized spacial score (nSPS) is 16.5. The Balaban J connectivity index is 1.80. The van der Waals surface area contributed by atoms with E-state index in [2.05, 4.69) is 5.32 Å². The predicted molar refractivity (Wildman–Crippen MR) is 156 cm³/mol. The Kier molecular flexibility index (Phi) is 8.61. The number of pyridine rings is 1. The van der Waals surface area contributed by atoms with Gasteiger partial charge in [-0.1, -0.05) is 18.2 Å². The molecule has 8 nitrogen and oxygen atoms in total. The van der Waals surface area contributed by atoms with Crippen molar-refractivity contribution in [3.05, 3.63) is 116 Å². The molecule has 46 heavy (non-hydrogen) atoms. The standard InChI is InChI=1S/C33H27F5N2O6/c1-16-5-4-6-25-27(16)19-11-17(2)28(35)21(13-19)24(14-26(41)42)39-31(43)29(20-12-18(15-46-25)7-8-23(20)34)40-10-9-22(33(36,37)38)30(45-3)32(40)44/h4-13,24,29H,14-15H2,1-3H3,(H,39,43)(H,41,42)/t24-,29-/m1/s1. The van der Waals surface area contributed by atoms with E-state index in [9.17, 15) is 32.7 Å². The summed E-state index contributed by atoms with van der Waals surface area (Å²) in [5, 5.41) is 12.2. The van der Waals surface area contributed by atoms with E-state index in [1.165, 1.54) is 25.1 Å². The first kappa shape index (κ1) is 32.2. The number of fused-ring (bicyclic) bond motifs is 6. The van der Waals surface area contributed by atoms with E-state index in [1.807, 2.05) is 0 Å². The number of carbonyl (C=O) groups is 2. The minimum absolute atomic E-state index is 0.120. The molecule has 4 bridgehead atoms. The number of hydrogen-bond acceptors (Lipinski definition) is 5. The van der Waals surface area contributed by atoms with Crippen molar-refractivity contribution in [2.75, 3.05) is 7.11 Å². The number of aliphatic carboxylic acids is 1. The van der Waals surface area contributed by atoms with Crippen molar-refractivity contribution in [3.63, 3.8) is 0 Å². The molecule has 2 N–H and O–H groups in total. The van der Waals surface area contributed by atoms with Crippen molar-refractivity contribution in [3.8, 4) is 22.6 Å². The lowest BCUT2D eigenvalue weighted by Crippen LogP contribution is -2.41. The molecule has 240 valence electrons. The third kappa shape index (κ3) is 6.04. The fraction of sp³-hybridized carbons (Fsp3) is 0.242. The second kappa shape index (κ2) is 12.3. The monoisotopic (exact) mass is 642 g/mol. The molecular formula is C33H27F5N2O6. The topological polar surface area (TPSA) is 107 Å². The van der Waals surface area contributed by atoms with Crippen LogP contribution < -0.4 is 20.3 Å². The summed E-state index contributed by atoms with van der Waals surface area (Å²) in [7, 11) is 0.836. The molecule has 0 unspecified atom stereocenters. The van der Waals surface area contributed by atoms with Gasteiger partial charge in [-0.15, -0.1) is 0 Å². The summed E-state index contributed by atoms with van der Waals surface area (Å²) < 4.78 is 83.8. The Morgan fingerprint density at radius 1 is 1.04 bits per heavy atom. The molecule has 13 heteroatoms. The summed E-state index contributed by atoms with van der Waals surface area (Å²) in [6.45, 7) is 3.11. The van der Waals surface area contributed by atoms with Crippen LogP contribution in [0.15, 0.2) is 65.6 Å². The molecule has 1 amide bonds. The number of amides is 1. The van der Waals surface area contributed by atoms with Crippen molar-refractivity contribution >= 4 is 11.9 Å². The number of aromatic nitrogens is 1. The summed E-state index contributed by atoms with van der Waals surface area (Å²) in [5.74, 6) is -5.21. The maximum Gasteiger partial charge on any atom is 0.420 e. The van der Waals surface area contributed by atoms with E-state index in [4.69, 9.17) is 9.47 Å². The van der Waals surface area contributed by atoms with Gasteiger partial charge in [-0.05, 0) is 72.5 Å². The lowest BCUT2D eigenvalue weighted by atomic mass is 9.91. The lowest BCUT2D eigenvalue weighted by molar-refractivity contribution is -0.139.